The van der Waals surface area contributed by atoms with Gasteiger partial charge in [-0.1, -0.05) is 0 Å². The Kier molecular flexibility index (Phi) is 2.93. The van der Waals surface area contributed by atoms with E-state index in [0.717, 1.165) is 5.39 Å². The van der Waals surface area contributed by atoms with Crippen LogP contribution in [0.1, 0.15) is 0 Å². The molecule has 2 aromatic heterocycles. The molecule has 0 bridgehead atoms. The summed E-state index contributed by atoms with van der Waals surface area (Å²) in [7, 11) is 0. The third kappa shape index (κ3) is 2.73. The zero-order valence-corrected chi connectivity index (χ0v) is 10.5. The normalized spacial score (nSPS) is 11.8. The number of fused-ring (bicyclic) bond motifs is 1. The molecule has 0 unspecified atom stereocenters. The van der Waals surface area contributed by atoms with E-state index in [-0.39, 0.29) is 5.75 Å². The molecule has 8 heteroatoms. The van der Waals surface area contributed by atoms with E-state index < -0.39 is 6.36 Å². The maximum atomic E-state index is 12.1. The molecule has 0 saturated heterocycles. The molecule has 0 amide bonds. The SMILES string of the molecule is Nc1cc2[nH]nc(-c3ccc(OC(F)(F)F)cc3)c2cn1. The molecule has 2 heterocycles. The first-order valence-corrected chi connectivity index (χ1v) is 5.88. The zero-order chi connectivity index (χ0) is 15.0. The monoisotopic (exact) mass is 294 g/mol. The molecule has 0 aliphatic carbocycles. The van der Waals surface area contributed by atoms with Gasteiger partial charge in [0.1, 0.15) is 17.3 Å². The summed E-state index contributed by atoms with van der Waals surface area (Å²) in [4.78, 5) is 3.98. The van der Waals surface area contributed by atoms with Gasteiger partial charge in [0.25, 0.3) is 0 Å². The van der Waals surface area contributed by atoms with Gasteiger partial charge in [0.2, 0.25) is 0 Å². The number of nitrogens with one attached hydrogen (secondary N) is 1. The van der Waals surface area contributed by atoms with Gasteiger partial charge in [-0.3, -0.25) is 5.10 Å². The van der Waals surface area contributed by atoms with E-state index in [1.54, 1.807) is 12.3 Å². The van der Waals surface area contributed by atoms with Crippen molar-refractivity contribution in [3.8, 4) is 17.0 Å². The fourth-order valence-corrected chi connectivity index (χ4v) is 1.96. The summed E-state index contributed by atoms with van der Waals surface area (Å²) in [5, 5.41) is 7.66. The van der Waals surface area contributed by atoms with E-state index in [0.29, 0.717) is 22.6 Å². The lowest BCUT2D eigenvalue weighted by atomic mass is 10.1. The minimum Gasteiger partial charge on any atom is -0.406 e. The number of hydrogen-bond acceptors (Lipinski definition) is 4. The van der Waals surface area contributed by atoms with Crippen molar-refractivity contribution in [1.82, 2.24) is 15.2 Å². The maximum Gasteiger partial charge on any atom is 0.573 e. The lowest BCUT2D eigenvalue weighted by Gasteiger charge is -2.08. The van der Waals surface area contributed by atoms with Crippen molar-refractivity contribution in [2.24, 2.45) is 0 Å². The average molecular weight is 294 g/mol. The number of ether oxygens (including phenoxy) is 1. The van der Waals surface area contributed by atoms with Gasteiger partial charge in [0.15, 0.2) is 0 Å². The Morgan fingerprint density at radius 2 is 1.86 bits per heavy atom. The number of H-pyrrole nitrogens is 1. The van der Waals surface area contributed by atoms with Gasteiger partial charge < -0.3 is 10.5 Å². The van der Waals surface area contributed by atoms with Gasteiger partial charge in [-0.2, -0.15) is 5.10 Å². The molecular formula is C13H9F3N4O. The highest BCUT2D eigenvalue weighted by Crippen LogP contribution is 2.29. The average Bonchev–Trinajstić information content (AvgIpc) is 2.80. The fourth-order valence-electron chi connectivity index (χ4n) is 1.96. The van der Waals surface area contributed by atoms with Crippen molar-refractivity contribution in [2.75, 3.05) is 5.73 Å². The Hall–Kier alpha value is -2.77. The Bertz CT molecular complexity index is 780. The van der Waals surface area contributed by atoms with Crippen molar-refractivity contribution in [3.05, 3.63) is 36.5 Å². The molecule has 0 aliphatic rings. The smallest absolute Gasteiger partial charge is 0.406 e. The van der Waals surface area contributed by atoms with Crippen molar-refractivity contribution < 1.29 is 17.9 Å². The number of alkyl halides is 3. The number of aromatic nitrogens is 3. The molecule has 5 nitrogen and oxygen atoms in total. The minimum absolute atomic E-state index is 0.284. The third-order valence-electron chi connectivity index (χ3n) is 2.83. The van der Waals surface area contributed by atoms with Gasteiger partial charge in [-0.25, -0.2) is 4.98 Å². The zero-order valence-electron chi connectivity index (χ0n) is 10.5. The Labute approximate surface area is 116 Å². The van der Waals surface area contributed by atoms with E-state index in [1.165, 1.54) is 24.3 Å². The van der Waals surface area contributed by atoms with Crippen LogP contribution in [0.2, 0.25) is 0 Å². The fraction of sp³-hybridized carbons (Fsp3) is 0.0769. The number of benzene rings is 1. The lowest BCUT2D eigenvalue weighted by Crippen LogP contribution is -2.16. The van der Waals surface area contributed by atoms with Gasteiger partial charge in [0, 0.05) is 23.2 Å². The lowest BCUT2D eigenvalue weighted by molar-refractivity contribution is -0.274. The molecule has 0 fully saturated rings. The van der Waals surface area contributed by atoms with Crippen molar-refractivity contribution in [1.29, 1.82) is 0 Å². The molecule has 3 rings (SSSR count). The quantitative estimate of drug-likeness (QED) is 0.761. The number of nitrogens with zero attached hydrogens (tertiary/aromatic N) is 2. The van der Waals surface area contributed by atoms with E-state index in [4.69, 9.17) is 5.73 Å². The second kappa shape index (κ2) is 4.65. The molecular weight excluding hydrogens is 285 g/mol. The second-order valence-electron chi connectivity index (χ2n) is 4.30. The van der Waals surface area contributed by atoms with Crippen molar-refractivity contribution >= 4 is 16.7 Å². The summed E-state index contributed by atoms with van der Waals surface area (Å²) in [6.45, 7) is 0. The molecule has 0 atom stereocenters. The first-order valence-electron chi connectivity index (χ1n) is 5.88. The third-order valence-corrected chi connectivity index (χ3v) is 2.83. The summed E-state index contributed by atoms with van der Waals surface area (Å²) < 4.78 is 40.1. The van der Waals surface area contributed by atoms with Crippen molar-refractivity contribution in [2.45, 2.75) is 6.36 Å². The molecule has 3 N–H and O–H groups in total. The number of nitrogens with two attached hydrogens (primary N) is 1. The standard InChI is InChI=1S/C13H9F3N4O/c14-13(15,16)21-8-3-1-7(2-4-8)12-9-6-18-11(17)5-10(9)19-20-12/h1-6H,(H2,17,18)(H,19,20). The predicted molar refractivity (Wildman–Crippen MR) is 70.4 cm³/mol. The summed E-state index contributed by atoms with van der Waals surface area (Å²) in [5.41, 5.74) is 7.49. The summed E-state index contributed by atoms with van der Waals surface area (Å²) in [5.74, 6) is 0.0695. The van der Waals surface area contributed by atoms with Gasteiger partial charge in [0.05, 0.1) is 5.52 Å². The predicted octanol–water partition coefficient (Wildman–Crippen LogP) is 3.11. The highest BCUT2D eigenvalue weighted by Gasteiger charge is 2.31. The van der Waals surface area contributed by atoms with Crippen LogP contribution in [0.5, 0.6) is 5.75 Å². The molecule has 21 heavy (non-hydrogen) atoms. The van der Waals surface area contributed by atoms with E-state index in [9.17, 15) is 13.2 Å². The number of rotatable bonds is 2. The van der Waals surface area contributed by atoms with Crippen molar-refractivity contribution in [3.63, 3.8) is 0 Å². The van der Waals surface area contributed by atoms with Gasteiger partial charge >= 0.3 is 6.36 Å². The highest BCUT2D eigenvalue weighted by atomic mass is 19.4. The molecule has 1 aromatic carbocycles. The van der Waals surface area contributed by atoms with Crippen LogP contribution in [0.25, 0.3) is 22.2 Å². The second-order valence-corrected chi connectivity index (χ2v) is 4.30. The number of hydrogen-bond donors (Lipinski definition) is 2. The molecule has 0 aliphatic heterocycles. The van der Waals surface area contributed by atoms with Crippen LogP contribution in [0.15, 0.2) is 36.5 Å². The van der Waals surface area contributed by atoms with E-state index in [2.05, 4.69) is 19.9 Å². The van der Waals surface area contributed by atoms with Crippen LogP contribution in [-0.4, -0.2) is 21.5 Å². The largest absolute Gasteiger partial charge is 0.573 e. The minimum atomic E-state index is -4.71. The van der Waals surface area contributed by atoms with Crippen LogP contribution >= 0.6 is 0 Å². The summed E-state index contributed by atoms with van der Waals surface area (Å²) in [6, 6.07) is 7.08. The molecule has 0 spiro atoms. The topological polar surface area (TPSA) is 76.8 Å². The Morgan fingerprint density at radius 1 is 1.14 bits per heavy atom. The number of halogens is 3. The highest BCUT2D eigenvalue weighted by molar-refractivity contribution is 5.93. The number of nitrogen functional groups attached to an aromatic ring is 1. The van der Waals surface area contributed by atoms with E-state index >= 15 is 0 Å². The Morgan fingerprint density at radius 3 is 2.52 bits per heavy atom. The number of anilines is 1. The summed E-state index contributed by atoms with van der Waals surface area (Å²) >= 11 is 0. The first kappa shape index (κ1) is 13.2. The van der Waals surface area contributed by atoms with Gasteiger partial charge in [-0.15, -0.1) is 13.2 Å². The molecule has 0 saturated carbocycles. The van der Waals surface area contributed by atoms with Crippen LogP contribution in [0.4, 0.5) is 19.0 Å². The number of aromatic amines is 1. The van der Waals surface area contributed by atoms with Crippen LogP contribution < -0.4 is 10.5 Å². The van der Waals surface area contributed by atoms with E-state index in [1.807, 2.05) is 0 Å². The molecule has 3 aromatic rings. The molecule has 0 radical (unpaired) electrons. The van der Waals surface area contributed by atoms with Crippen LogP contribution in [0.3, 0.4) is 0 Å². The van der Waals surface area contributed by atoms with Gasteiger partial charge in [-0.05, 0) is 24.3 Å². The Balaban J connectivity index is 1.96. The summed E-state index contributed by atoms with van der Waals surface area (Å²) in [6.07, 6.45) is -3.15. The number of pyridine rings is 1. The molecule has 108 valence electrons. The van der Waals surface area contributed by atoms with Crippen LogP contribution in [-0.2, 0) is 0 Å². The maximum absolute atomic E-state index is 12.1. The van der Waals surface area contributed by atoms with Crippen LogP contribution in [0, 0.1) is 0 Å². The first-order chi connectivity index (χ1) is 9.92.